The van der Waals surface area contributed by atoms with Crippen molar-refractivity contribution in [3.8, 4) is 11.5 Å². The predicted molar refractivity (Wildman–Crippen MR) is 89.5 cm³/mol. The number of para-hydroxylation sites is 1. The van der Waals surface area contributed by atoms with Gasteiger partial charge in [-0.1, -0.05) is 23.7 Å². The normalized spacial score (nSPS) is 10.2. The molecule has 0 radical (unpaired) electrons. The zero-order chi connectivity index (χ0) is 16.8. The molecule has 0 unspecified atom stereocenters. The number of hydrogen-bond acceptors (Lipinski definition) is 5. The number of aromatic nitrogens is 1. The van der Waals surface area contributed by atoms with Crippen molar-refractivity contribution in [3.05, 3.63) is 46.6 Å². The molecule has 0 aliphatic rings. The number of methoxy groups -OCH3 is 2. The van der Waals surface area contributed by atoms with Crippen LogP contribution in [-0.4, -0.2) is 31.7 Å². The van der Waals surface area contributed by atoms with Crippen LogP contribution in [0.25, 0.3) is 0 Å². The Labute approximate surface area is 139 Å². The minimum Gasteiger partial charge on any atom is -0.493 e. The van der Waals surface area contributed by atoms with Gasteiger partial charge in [0, 0.05) is 12.7 Å². The molecule has 1 amide bonds. The van der Waals surface area contributed by atoms with E-state index in [4.69, 9.17) is 26.8 Å². The van der Waals surface area contributed by atoms with Crippen molar-refractivity contribution in [2.24, 2.45) is 5.73 Å². The van der Waals surface area contributed by atoms with Gasteiger partial charge < -0.3 is 20.5 Å². The second-order valence-electron chi connectivity index (χ2n) is 4.75. The van der Waals surface area contributed by atoms with E-state index in [0.717, 1.165) is 5.56 Å². The molecule has 6 nitrogen and oxygen atoms in total. The van der Waals surface area contributed by atoms with Crippen LogP contribution in [0.3, 0.4) is 0 Å². The van der Waals surface area contributed by atoms with Crippen LogP contribution in [0.5, 0.6) is 11.5 Å². The number of rotatable bonds is 7. The van der Waals surface area contributed by atoms with E-state index < -0.39 is 5.91 Å². The molecule has 3 N–H and O–H groups in total. The number of pyridine rings is 1. The van der Waals surface area contributed by atoms with Crippen LogP contribution in [0.2, 0.25) is 5.02 Å². The lowest BCUT2D eigenvalue weighted by atomic mass is 10.1. The van der Waals surface area contributed by atoms with Gasteiger partial charge in [0.1, 0.15) is 5.82 Å². The first-order chi connectivity index (χ1) is 11.1. The Morgan fingerprint density at radius 2 is 2.13 bits per heavy atom. The SMILES string of the molecule is COc1cccc(CCNc2ncc(C(N)=O)cc2Cl)c1OC. The molecule has 1 heterocycles. The summed E-state index contributed by atoms with van der Waals surface area (Å²) < 4.78 is 10.7. The highest BCUT2D eigenvalue weighted by Crippen LogP contribution is 2.31. The molecule has 1 aromatic carbocycles. The summed E-state index contributed by atoms with van der Waals surface area (Å²) in [5.74, 6) is 1.33. The van der Waals surface area contributed by atoms with E-state index in [1.165, 1.54) is 12.3 Å². The van der Waals surface area contributed by atoms with Crippen molar-refractivity contribution in [2.75, 3.05) is 26.1 Å². The van der Waals surface area contributed by atoms with Gasteiger partial charge in [0.15, 0.2) is 11.5 Å². The summed E-state index contributed by atoms with van der Waals surface area (Å²) in [4.78, 5) is 15.2. The van der Waals surface area contributed by atoms with E-state index in [-0.39, 0.29) is 5.56 Å². The maximum atomic E-state index is 11.1. The molecule has 0 saturated carbocycles. The van der Waals surface area contributed by atoms with Crippen molar-refractivity contribution in [2.45, 2.75) is 6.42 Å². The molecule has 0 saturated heterocycles. The summed E-state index contributed by atoms with van der Waals surface area (Å²) in [6.45, 7) is 0.589. The molecule has 0 bridgehead atoms. The number of anilines is 1. The number of nitrogens with zero attached hydrogens (tertiary/aromatic N) is 1. The zero-order valence-corrected chi connectivity index (χ0v) is 13.7. The summed E-state index contributed by atoms with van der Waals surface area (Å²) >= 11 is 6.08. The Hall–Kier alpha value is -2.47. The number of primary amides is 1. The fraction of sp³-hybridized carbons (Fsp3) is 0.250. The summed E-state index contributed by atoms with van der Waals surface area (Å²) in [6, 6.07) is 7.21. The monoisotopic (exact) mass is 335 g/mol. The van der Waals surface area contributed by atoms with Crippen LogP contribution in [-0.2, 0) is 6.42 Å². The van der Waals surface area contributed by atoms with E-state index in [1.807, 2.05) is 18.2 Å². The molecular weight excluding hydrogens is 318 g/mol. The lowest BCUT2D eigenvalue weighted by molar-refractivity contribution is 0.1000. The highest BCUT2D eigenvalue weighted by molar-refractivity contribution is 6.33. The van der Waals surface area contributed by atoms with Crippen LogP contribution >= 0.6 is 11.6 Å². The second kappa shape index (κ2) is 7.69. The highest BCUT2D eigenvalue weighted by Gasteiger charge is 2.10. The van der Waals surface area contributed by atoms with Gasteiger partial charge in [0.05, 0.1) is 24.8 Å². The second-order valence-corrected chi connectivity index (χ2v) is 5.16. The highest BCUT2D eigenvalue weighted by atomic mass is 35.5. The standard InChI is InChI=1S/C16H18ClN3O3/c1-22-13-5-3-4-10(14(13)23-2)6-7-19-16-12(17)8-11(9-20-16)15(18)21/h3-5,8-9H,6-7H2,1-2H3,(H2,18,21)(H,19,20). The third-order valence-electron chi connectivity index (χ3n) is 3.30. The Kier molecular flexibility index (Phi) is 5.65. The fourth-order valence-corrected chi connectivity index (χ4v) is 2.40. The van der Waals surface area contributed by atoms with Gasteiger partial charge in [-0.3, -0.25) is 4.79 Å². The van der Waals surface area contributed by atoms with Crippen LogP contribution in [0, 0.1) is 0 Å². The van der Waals surface area contributed by atoms with E-state index >= 15 is 0 Å². The summed E-state index contributed by atoms with van der Waals surface area (Å²) in [7, 11) is 3.21. The topological polar surface area (TPSA) is 86.5 Å². The average Bonchev–Trinajstić information content (AvgIpc) is 2.55. The molecule has 2 aromatic rings. The minimum atomic E-state index is -0.563. The van der Waals surface area contributed by atoms with E-state index in [9.17, 15) is 4.79 Å². The van der Waals surface area contributed by atoms with Gasteiger partial charge in [0.25, 0.3) is 0 Å². The van der Waals surface area contributed by atoms with Crippen LogP contribution in [0.1, 0.15) is 15.9 Å². The summed E-state index contributed by atoms with van der Waals surface area (Å²) in [6.07, 6.45) is 2.08. The first-order valence-corrected chi connectivity index (χ1v) is 7.33. The molecule has 0 aliphatic heterocycles. The van der Waals surface area contributed by atoms with Gasteiger partial charge in [0.2, 0.25) is 5.91 Å². The van der Waals surface area contributed by atoms with E-state index in [2.05, 4.69) is 10.3 Å². The number of nitrogens with two attached hydrogens (primary N) is 1. The van der Waals surface area contributed by atoms with Crippen molar-refractivity contribution in [1.82, 2.24) is 4.98 Å². The van der Waals surface area contributed by atoms with Crippen LogP contribution < -0.4 is 20.5 Å². The lowest BCUT2D eigenvalue weighted by Crippen LogP contribution is -2.13. The Bertz CT molecular complexity index is 707. The smallest absolute Gasteiger partial charge is 0.250 e. The van der Waals surface area contributed by atoms with Gasteiger partial charge >= 0.3 is 0 Å². The maximum absolute atomic E-state index is 11.1. The zero-order valence-electron chi connectivity index (χ0n) is 12.9. The molecule has 1 aromatic heterocycles. The quantitative estimate of drug-likeness (QED) is 0.812. The molecular formula is C16H18ClN3O3. The van der Waals surface area contributed by atoms with Gasteiger partial charge in [-0.2, -0.15) is 0 Å². The third-order valence-corrected chi connectivity index (χ3v) is 3.59. The number of hydrogen-bond donors (Lipinski definition) is 2. The van der Waals surface area contributed by atoms with Crippen LogP contribution in [0.4, 0.5) is 5.82 Å². The molecule has 0 atom stereocenters. The van der Waals surface area contributed by atoms with Crippen molar-refractivity contribution in [3.63, 3.8) is 0 Å². The van der Waals surface area contributed by atoms with E-state index in [1.54, 1.807) is 14.2 Å². The molecule has 0 spiro atoms. The Morgan fingerprint density at radius 1 is 1.35 bits per heavy atom. The maximum Gasteiger partial charge on any atom is 0.250 e. The Morgan fingerprint density at radius 3 is 2.74 bits per heavy atom. The van der Waals surface area contributed by atoms with Gasteiger partial charge in [-0.05, 0) is 24.1 Å². The number of benzene rings is 1. The van der Waals surface area contributed by atoms with Gasteiger partial charge in [-0.15, -0.1) is 0 Å². The number of amides is 1. The molecule has 122 valence electrons. The molecule has 0 fully saturated rings. The summed E-state index contributed by atoms with van der Waals surface area (Å²) in [5, 5.41) is 3.47. The molecule has 23 heavy (non-hydrogen) atoms. The average molecular weight is 336 g/mol. The van der Waals surface area contributed by atoms with Crippen molar-refractivity contribution < 1.29 is 14.3 Å². The van der Waals surface area contributed by atoms with Crippen LogP contribution in [0.15, 0.2) is 30.5 Å². The first kappa shape index (κ1) is 16.9. The van der Waals surface area contributed by atoms with Crippen molar-refractivity contribution in [1.29, 1.82) is 0 Å². The molecule has 0 aliphatic carbocycles. The molecule has 2 rings (SSSR count). The Balaban J connectivity index is 2.04. The largest absolute Gasteiger partial charge is 0.493 e. The number of halogens is 1. The van der Waals surface area contributed by atoms with Gasteiger partial charge in [-0.25, -0.2) is 4.98 Å². The lowest BCUT2D eigenvalue weighted by Gasteiger charge is -2.13. The number of nitrogens with one attached hydrogen (secondary N) is 1. The third kappa shape index (κ3) is 4.04. The van der Waals surface area contributed by atoms with E-state index in [0.29, 0.717) is 35.3 Å². The number of ether oxygens (including phenoxy) is 2. The van der Waals surface area contributed by atoms with Crippen molar-refractivity contribution >= 4 is 23.3 Å². The number of carbonyl (C=O) groups excluding carboxylic acids is 1. The fourth-order valence-electron chi connectivity index (χ4n) is 2.17. The minimum absolute atomic E-state index is 0.273. The summed E-state index contributed by atoms with van der Waals surface area (Å²) in [5.41, 5.74) is 6.46. The number of carbonyl (C=O) groups is 1. The molecule has 7 heteroatoms. The first-order valence-electron chi connectivity index (χ1n) is 6.96. The predicted octanol–water partition coefficient (Wildman–Crippen LogP) is 2.51.